The van der Waals surface area contributed by atoms with Gasteiger partial charge in [0, 0.05) is 17.0 Å². The van der Waals surface area contributed by atoms with Crippen LogP contribution in [0.4, 0.5) is 5.82 Å². The molecule has 0 fully saturated rings. The normalized spacial score (nSPS) is 10.7. The monoisotopic (exact) mass is 255 g/mol. The zero-order chi connectivity index (χ0) is 14.0. The van der Waals surface area contributed by atoms with Gasteiger partial charge in [-0.15, -0.1) is 0 Å². The van der Waals surface area contributed by atoms with Crippen molar-refractivity contribution in [2.24, 2.45) is 0 Å². The van der Waals surface area contributed by atoms with Crippen molar-refractivity contribution in [2.45, 2.75) is 33.1 Å². The van der Waals surface area contributed by atoms with E-state index in [-0.39, 0.29) is 11.7 Å². The molecule has 3 N–H and O–H groups in total. The topological polar surface area (TPSA) is 91.4 Å². The number of nitrogens with zero attached hydrogens (tertiary/aromatic N) is 3. The third kappa shape index (κ3) is 2.43. The number of aryl methyl sites for hydroxylation is 1. The number of anilines is 1. The Hall–Kier alpha value is -2.35. The predicted molar refractivity (Wildman–Crippen MR) is 74.4 cm³/mol. The van der Waals surface area contributed by atoms with Crippen LogP contribution >= 0.6 is 0 Å². The van der Waals surface area contributed by atoms with E-state index in [4.69, 9.17) is 5.73 Å². The van der Waals surface area contributed by atoms with Crippen molar-refractivity contribution >= 4 is 5.82 Å². The summed E-state index contributed by atoms with van der Waals surface area (Å²) in [6, 6.07) is 5.96. The number of aromatic nitrogens is 3. The lowest BCUT2D eigenvalue weighted by Gasteiger charge is -2.10. The first-order chi connectivity index (χ1) is 9.06. The molecule has 0 spiro atoms. The molecule has 0 radical (unpaired) electrons. The summed E-state index contributed by atoms with van der Waals surface area (Å²) in [5.74, 6) is 0.517. The molecule has 0 unspecified atom stereocenters. The van der Waals surface area contributed by atoms with Crippen LogP contribution in [0.1, 0.15) is 43.6 Å². The van der Waals surface area contributed by atoms with Crippen LogP contribution < -0.4 is 5.73 Å². The van der Waals surface area contributed by atoms with Gasteiger partial charge in [0.2, 0.25) is 0 Å². The Morgan fingerprint density at radius 3 is 2.68 bits per heavy atom. The number of pyridine rings is 1. The number of nitrogens with two attached hydrogens (primary N) is 1. The second-order valence-corrected chi connectivity index (χ2v) is 4.75. The standard InChI is InChI=1S/C14H17N5/c1-4-9-5-13(19-18-9)10-6-12(8(2)3)17-14(16)11(10)7-15/h5-6,8H,4H2,1-3H3,(H2,16,17)(H,18,19). The molecular weight excluding hydrogens is 238 g/mol. The van der Waals surface area contributed by atoms with Gasteiger partial charge >= 0.3 is 0 Å². The third-order valence-electron chi connectivity index (χ3n) is 3.06. The molecule has 0 aliphatic rings. The Labute approximate surface area is 112 Å². The van der Waals surface area contributed by atoms with Gasteiger partial charge in [-0.3, -0.25) is 5.10 Å². The van der Waals surface area contributed by atoms with E-state index in [9.17, 15) is 5.26 Å². The molecule has 2 heterocycles. The summed E-state index contributed by atoms with van der Waals surface area (Å²) in [5.41, 5.74) is 9.64. The number of aromatic amines is 1. The Morgan fingerprint density at radius 2 is 2.16 bits per heavy atom. The molecule has 0 amide bonds. The van der Waals surface area contributed by atoms with E-state index in [0.717, 1.165) is 29.1 Å². The minimum absolute atomic E-state index is 0.249. The van der Waals surface area contributed by atoms with Crippen LogP contribution in [-0.4, -0.2) is 15.2 Å². The van der Waals surface area contributed by atoms with Gasteiger partial charge in [-0.2, -0.15) is 10.4 Å². The van der Waals surface area contributed by atoms with Crippen LogP contribution in [0.15, 0.2) is 12.1 Å². The highest BCUT2D eigenvalue weighted by Crippen LogP contribution is 2.28. The lowest BCUT2D eigenvalue weighted by Crippen LogP contribution is -2.03. The number of nitriles is 1. The lowest BCUT2D eigenvalue weighted by molar-refractivity contribution is 0.825. The van der Waals surface area contributed by atoms with Gasteiger partial charge in [-0.1, -0.05) is 20.8 Å². The minimum atomic E-state index is 0.249. The van der Waals surface area contributed by atoms with Crippen LogP contribution in [0.5, 0.6) is 0 Å². The van der Waals surface area contributed by atoms with Crippen LogP contribution in [-0.2, 0) is 6.42 Å². The fourth-order valence-electron chi connectivity index (χ4n) is 1.88. The Bertz CT molecular complexity index is 634. The molecule has 0 saturated carbocycles. The molecule has 0 saturated heterocycles. The summed E-state index contributed by atoms with van der Waals surface area (Å²) in [7, 11) is 0. The Balaban J connectivity index is 2.63. The molecule has 5 nitrogen and oxygen atoms in total. The van der Waals surface area contributed by atoms with Gasteiger partial charge < -0.3 is 5.73 Å². The molecule has 98 valence electrons. The van der Waals surface area contributed by atoms with Crippen molar-refractivity contribution in [1.29, 1.82) is 5.26 Å². The molecule has 2 aromatic rings. The van der Waals surface area contributed by atoms with Gasteiger partial charge in [-0.25, -0.2) is 4.98 Å². The summed E-state index contributed by atoms with van der Waals surface area (Å²) in [6.45, 7) is 6.13. The first-order valence-electron chi connectivity index (χ1n) is 6.32. The quantitative estimate of drug-likeness (QED) is 0.881. The van der Waals surface area contributed by atoms with Gasteiger partial charge in [0.15, 0.2) is 0 Å². The summed E-state index contributed by atoms with van der Waals surface area (Å²) in [5, 5.41) is 16.4. The lowest BCUT2D eigenvalue weighted by atomic mass is 10.0. The highest BCUT2D eigenvalue weighted by Gasteiger charge is 2.15. The summed E-state index contributed by atoms with van der Waals surface area (Å²) < 4.78 is 0. The van der Waals surface area contributed by atoms with Crippen LogP contribution in [0.3, 0.4) is 0 Å². The van der Waals surface area contributed by atoms with Crippen molar-refractivity contribution in [3.63, 3.8) is 0 Å². The zero-order valence-corrected chi connectivity index (χ0v) is 11.4. The number of hydrogen-bond acceptors (Lipinski definition) is 4. The summed E-state index contributed by atoms with van der Waals surface area (Å²) >= 11 is 0. The van der Waals surface area contributed by atoms with E-state index in [0.29, 0.717) is 5.56 Å². The number of rotatable bonds is 3. The number of nitrogens with one attached hydrogen (secondary N) is 1. The first-order valence-corrected chi connectivity index (χ1v) is 6.32. The van der Waals surface area contributed by atoms with E-state index in [1.54, 1.807) is 0 Å². The highest BCUT2D eigenvalue weighted by molar-refractivity contribution is 5.73. The first kappa shape index (κ1) is 13.1. The van der Waals surface area contributed by atoms with Gasteiger partial charge in [0.05, 0.1) is 5.69 Å². The van der Waals surface area contributed by atoms with E-state index < -0.39 is 0 Å². The van der Waals surface area contributed by atoms with E-state index in [1.807, 2.05) is 32.9 Å². The molecule has 0 aliphatic heterocycles. The molecule has 0 aromatic carbocycles. The van der Waals surface area contributed by atoms with Crippen molar-refractivity contribution in [2.75, 3.05) is 5.73 Å². The number of hydrogen-bond donors (Lipinski definition) is 2. The maximum absolute atomic E-state index is 9.25. The maximum Gasteiger partial charge on any atom is 0.142 e. The van der Waals surface area contributed by atoms with E-state index >= 15 is 0 Å². The maximum atomic E-state index is 9.25. The molecule has 19 heavy (non-hydrogen) atoms. The Kier molecular flexibility index (Phi) is 3.52. The van der Waals surface area contributed by atoms with Crippen molar-refractivity contribution in [3.8, 4) is 17.3 Å². The average Bonchev–Trinajstić information content (AvgIpc) is 2.86. The van der Waals surface area contributed by atoms with Crippen LogP contribution in [0.25, 0.3) is 11.3 Å². The Morgan fingerprint density at radius 1 is 1.42 bits per heavy atom. The fraction of sp³-hybridized carbons (Fsp3) is 0.357. The van der Waals surface area contributed by atoms with Gasteiger partial charge in [-0.05, 0) is 24.5 Å². The second-order valence-electron chi connectivity index (χ2n) is 4.75. The smallest absolute Gasteiger partial charge is 0.142 e. The summed E-state index contributed by atoms with van der Waals surface area (Å²) in [4.78, 5) is 4.27. The largest absolute Gasteiger partial charge is 0.383 e. The number of nitrogen functional groups attached to an aromatic ring is 1. The minimum Gasteiger partial charge on any atom is -0.383 e. The average molecular weight is 255 g/mol. The molecule has 0 bridgehead atoms. The highest BCUT2D eigenvalue weighted by atomic mass is 15.1. The number of H-pyrrole nitrogens is 1. The van der Waals surface area contributed by atoms with Crippen LogP contribution in [0.2, 0.25) is 0 Å². The van der Waals surface area contributed by atoms with Crippen molar-refractivity contribution in [3.05, 3.63) is 29.1 Å². The van der Waals surface area contributed by atoms with Crippen molar-refractivity contribution in [1.82, 2.24) is 15.2 Å². The van der Waals surface area contributed by atoms with E-state index in [1.165, 1.54) is 0 Å². The van der Waals surface area contributed by atoms with Gasteiger partial charge in [0.25, 0.3) is 0 Å². The van der Waals surface area contributed by atoms with E-state index in [2.05, 4.69) is 21.3 Å². The third-order valence-corrected chi connectivity index (χ3v) is 3.06. The SMILES string of the molecule is CCc1cc(-c2cc(C(C)C)nc(N)c2C#N)n[nH]1. The molecule has 2 rings (SSSR count). The second kappa shape index (κ2) is 5.11. The van der Waals surface area contributed by atoms with Gasteiger partial charge in [0.1, 0.15) is 17.5 Å². The summed E-state index contributed by atoms with van der Waals surface area (Å²) in [6.07, 6.45) is 0.868. The van der Waals surface area contributed by atoms with Crippen LogP contribution in [0, 0.1) is 11.3 Å². The predicted octanol–water partition coefficient (Wildman–Crippen LogP) is 2.61. The zero-order valence-electron chi connectivity index (χ0n) is 11.4. The molecule has 0 aliphatic carbocycles. The fourth-order valence-corrected chi connectivity index (χ4v) is 1.88. The van der Waals surface area contributed by atoms with Crippen molar-refractivity contribution < 1.29 is 0 Å². The molecular formula is C14H17N5. The molecule has 5 heteroatoms. The molecule has 0 atom stereocenters. The molecule has 2 aromatic heterocycles.